The van der Waals surface area contributed by atoms with Crippen LogP contribution in [0.2, 0.25) is 5.02 Å². The van der Waals surface area contributed by atoms with Crippen molar-refractivity contribution in [3.63, 3.8) is 0 Å². The predicted octanol–water partition coefficient (Wildman–Crippen LogP) is 3.96. The normalized spacial score (nSPS) is 11.7. The largest absolute Gasteiger partial charge is 0.465 e. The van der Waals surface area contributed by atoms with Crippen molar-refractivity contribution in [2.75, 3.05) is 14.2 Å². The maximum atomic E-state index is 12.6. The number of amides is 1. The zero-order valence-corrected chi connectivity index (χ0v) is 14.0. The lowest BCUT2D eigenvalue weighted by molar-refractivity contribution is 0.0599. The number of benzene rings is 2. The molecule has 4 nitrogen and oxygen atoms in total. The Hall–Kier alpha value is -2.33. The average Bonchev–Trinajstić information content (AvgIpc) is 2.60. The van der Waals surface area contributed by atoms with E-state index in [1.165, 1.54) is 7.11 Å². The summed E-state index contributed by atoms with van der Waals surface area (Å²) in [4.78, 5) is 25.6. The summed E-state index contributed by atoms with van der Waals surface area (Å²) < 4.78 is 4.64. The number of methoxy groups -OCH3 is 1. The van der Waals surface area contributed by atoms with Gasteiger partial charge in [-0.05, 0) is 48.9 Å². The van der Waals surface area contributed by atoms with Crippen LogP contribution >= 0.6 is 11.6 Å². The topological polar surface area (TPSA) is 46.6 Å². The van der Waals surface area contributed by atoms with E-state index >= 15 is 0 Å². The van der Waals surface area contributed by atoms with Crippen LogP contribution in [0, 0.1) is 0 Å². The number of rotatable bonds is 4. The van der Waals surface area contributed by atoms with Crippen LogP contribution in [0.1, 0.15) is 39.2 Å². The van der Waals surface area contributed by atoms with Crippen LogP contribution in [0.15, 0.2) is 48.5 Å². The van der Waals surface area contributed by atoms with Gasteiger partial charge in [0, 0.05) is 17.6 Å². The lowest BCUT2D eigenvalue weighted by Gasteiger charge is -2.25. The molecular weight excluding hydrogens is 314 g/mol. The summed E-state index contributed by atoms with van der Waals surface area (Å²) in [7, 11) is 3.07. The zero-order chi connectivity index (χ0) is 17.0. The molecule has 0 aliphatic rings. The van der Waals surface area contributed by atoms with E-state index in [4.69, 9.17) is 11.6 Å². The zero-order valence-electron chi connectivity index (χ0n) is 13.2. The van der Waals surface area contributed by atoms with Crippen LogP contribution in [-0.4, -0.2) is 30.9 Å². The molecule has 120 valence electrons. The van der Waals surface area contributed by atoms with Gasteiger partial charge in [0.05, 0.1) is 18.7 Å². The molecule has 0 bridgehead atoms. The van der Waals surface area contributed by atoms with E-state index in [1.54, 1.807) is 48.3 Å². The highest BCUT2D eigenvalue weighted by molar-refractivity contribution is 6.30. The Balaban J connectivity index is 2.15. The average molecular weight is 332 g/mol. The van der Waals surface area contributed by atoms with E-state index in [2.05, 4.69) is 4.74 Å². The Labute approximate surface area is 140 Å². The van der Waals surface area contributed by atoms with E-state index in [0.29, 0.717) is 16.1 Å². The van der Waals surface area contributed by atoms with Gasteiger partial charge < -0.3 is 9.64 Å². The van der Waals surface area contributed by atoms with Crippen molar-refractivity contribution in [1.29, 1.82) is 0 Å². The second kappa shape index (κ2) is 7.29. The Morgan fingerprint density at radius 1 is 1.00 bits per heavy atom. The summed E-state index contributed by atoms with van der Waals surface area (Å²) in [6.07, 6.45) is 0. The maximum absolute atomic E-state index is 12.6. The highest BCUT2D eigenvalue weighted by Crippen LogP contribution is 2.22. The number of ether oxygens (including phenoxy) is 1. The molecule has 0 aromatic heterocycles. The fourth-order valence-electron chi connectivity index (χ4n) is 2.21. The van der Waals surface area contributed by atoms with Gasteiger partial charge in [0.25, 0.3) is 5.91 Å². The number of halogens is 1. The molecule has 1 unspecified atom stereocenters. The van der Waals surface area contributed by atoms with Crippen LogP contribution in [0.4, 0.5) is 0 Å². The molecule has 1 atom stereocenters. The molecule has 0 aliphatic heterocycles. The van der Waals surface area contributed by atoms with Gasteiger partial charge in [-0.25, -0.2) is 4.79 Å². The summed E-state index contributed by atoms with van der Waals surface area (Å²) in [5.41, 5.74) is 1.93. The Kier molecular flexibility index (Phi) is 5.40. The molecule has 0 saturated heterocycles. The van der Waals surface area contributed by atoms with E-state index < -0.39 is 5.97 Å². The minimum absolute atomic E-state index is 0.0972. The molecule has 23 heavy (non-hydrogen) atoms. The molecule has 2 rings (SSSR count). The van der Waals surface area contributed by atoms with E-state index in [9.17, 15) is 9.59 Å². The van der Waals surface area contributed by atoms with Crippen molar-refractivity contribution in [1.82, 2.24) is 4.90 Å². The molecule has 0 N–H and O–H groups in total. The van der Waals surface area contributed by atoms with Gasteiger partial charge in [-0.1, -0.05) is 23.7 Å². The van der Waals surface area contributed by atoms with E-state index in [-0.39, 0.29) is 11.9 Å². The molecule has 0 heterocycles. The molecule has 0 fully saturated rings. The first-order valence-electron chi connectivity index (χ1n) is 7.15. The van der Waals surface area contributed by atoms with Gasteiger partial charge >= 0.3 is 5.97 Å². The second-order valence-electron chi connectivity index (χ2n) is 5.21. The van der Waals surface area contributed by atoms with Crippen LogP contribution in [0.3, 0.4) is 0 Å². The Bertz CT molecular complexity index is 695. The number of nitrogens with zero attached hydrogens (tertiary/aromatic N) is 1. The van der Waals surface area contributed by atoms with Gasteiger partial charge in [-0.2, -0.15) is 0 Å². The van der Waals surface area contributed by atoms with Gasteiger partial charge in [-0.15, -0.1) is 0 Å². The minimum Gasteiger partial charge on any atom is -0.465 e. The van der Waals surface area contributed by atoms with Crippen molar-refractivity contribution in [3.8, 4) is 0 Å². The molecule has 0 saturated carbocycles. The summed E-state index contributed by atoms with van der Waals surface area (Å²) in [6, 6.07) is 13.7. The molecule has 0 spiro atoms. The molecule has 2 aromatic carbocycles. The first kappa shape index (κ1) is 17.0. The fourth-order valence-corrected chi connectivity index (χ4v) is 2.34. The van der Waals surface area contributed by atoms with Crippen molar-refractivity contribution in [2.45, 2.75) is 13.0 Å². The lowest BCUT2D eigenvalue weighted by Crippen LogP contribution is -2.29. The Morgan fingerprint density at radius 3 is 2.04 bits per heavy atom. The summed E-state index contributed by atoms with van der Waals surface area (Å²) in [6.45, 7) is 1.95. The molecule has 0 radical (unpaired) electrons. The third kappa shape index (κ3) is 3.90. The molecular formula is C18H18ClNO3. The van der Waals surface area contributed by atoms with Crippen LogP contribution in [0.25, 0.3) is 0 Å². The molecule has 5 heteroatoms. The molecule has 0 aliphatic carbocycles. The van der Waals surface area contributed by atoms with Crippen molar-refractivity contribution in [3.05, 3.63) is 70.2 Å². The third-order valence-corrected chi connectivity index (χ3v) is 4.06. The predicted molar refractivity (Wildman–Crippen MR) is 89.7 cm³/mol. The standard InChI is InChI=1S/C18H18ClNO3/c1-12(13-8-10-16(19)11-9-13)20(2)17(21)14-4-6-15(7-5-14)18(22)23-3/h4-12H,1-3H3. The Morgan fingerprint density at radius 2 is 1.52 bits per heavy atom. The van der Waals surface area contributed by atoms with Gasteiger partial charge in [0.2, 0.25) is 0 Å². The van der Waals surface area contributed by atoms with E-state index in [1.807, 2.05) is 19.1 Å². The van der Waals surface area contributed by atoms with Crippen molar-refractivity contribution in [2.24, 2.45) is 0 Å². The minimum atomic E-state index is -0.424. The smallest absolute Gasteiger partial charge is 0.337 e. The highest BCUT2D eigenvalue weighted by Gasteiger charge is 2.19. The van der Waals surface area contributed by atoms with E-state index in [0.717, 1.165) is 5.56 Å². The quantitative estimate of drug-likeness (QED) is 0.797. The van der Waals surface area contributed by atoms with Crippen molar-refractivity contribution >= 4 is 23.5 Å². The number of esters is 1. The third-order valence-electron chi connectivity index (χ3n) is 3.81. The monoisotopic (exact) mass is 331 g/mol. The first-order valence-corrected chi connectivity index (χ1v) is 7.53. The molecule has 1 amide bonds. The van der Waals surface area contributed by atoms with Crippen LogP contribution < -0.4 is 0 Å². The first-order chi connectivity index (χ1) is 10.9. The summed E-state index contributed by atoms with van der Waals surface area (Å²) in [5.74, 6) is -0.546. The fraction of sp³-hybridized carbons (Fsp3) is 0.222. The number of hydrogen-bond acceptors (Lipinski definition) is 3. The van der Waals surface area contributed by atoms with Gasteiger partial charge in [-0.3, -0.25) is 4.79 Å². The van der Waals surface area contributed by atoms with Gasteiger partial charge in [0.15, 0.2) is 0 Å². The summed E-state index contributed by atoms with van der Waals surface area (Å²) in [5, 5.41) is 0.660. The SMILES string of the molecule is COC(=O)c1ccc(C(=O)N(C)C(C)c2ccc(Cl)cc2)cc1. The summed E-state index contributed by atoms with van der Waals surface area (Å²) >= 11 is 5.89. The highest BCUT2D eigenvalue weighted by atomic mass is 35.5. The van der Waals surface area contributed by atoms with Gasteiger partial charge in [0.1, 0.15) is 0 Å². The lowest BCUT2D eigenvalue weighted by atomic mass is 10.1. The van der Waals surface area contributed by atoms with Crippen LogP contribution in [-0.2, 0) is 4.74 Å². The molecule has 2 aromatic rings. The number of hydrogen-bond donors (Lipinski definition) is 0. The number of carbonyl (C=O) groups excluding carboxylic acids is 2. The van der Waals surface area contributed by atoms with Crippen LogP contribution in [0.5, 0.6) is 0 Å². The second-order valence-corrected chi connectivity index (χ2v) is 5.65. The maximum Gasteiger partial charge on any atom is 0.337 e. The van der Waals surface area contributed by atoms with Crippen molar-refractivity contribution < 1.29 is 14.3 Å². The number of carbonyl (C=O) groups is 2.